The molecule has 0 heterocycles. The molecule has 4 heteroatoms. The molecule has 0 unspecified atom stereocenters. The summed E-state index contributed by atoms with van der Waals surface area (Å²) in [7, 11) is 3.99. The van der Waals surface area contributed by atoms with Crippen LogP contribution in [0.2, 0.25) is 0 Å². The van der Waals surface area contributed by atoms with E-state index in [9.17, 15) is 4.79 Å². The normalized spacial score (nSPS) is 11.1. The molecular formula is C9H14N2OS. The van der Waals surface area contributed by atoms with E-state index < -0.39 is 0 Å². The smallest absolute Gasteiger partial charge is 0.220 e. The summed E-state index contributed by atoms with van der Waals surface area (Å²) in [5.74, 6) is 0. The minimum absolute atomic E-state index is 0.00810. The Hall–Kier alpha value is -0.740. The molecule has 0 saturated heterocycles. The largest absolute Gasteiger partial charge is 0.380 e. The molecule has 0 saturated carbocycles. The highest BCUT2D eigenvalue weighted by atomic mass is 32.1. The lowest BCUT2D eigenvalue weighted by molar-refractivity contribution is 0.425. The van der Waals surface area contributed by atoms with Gasteiger partial charge in [0, 0.05) is 13.1 Å². The molecule has 72 valence electrons. The molecule has 1 aromatic rings. The Morgan fingerprint density at radius 1 is 1.46 bits per heavy atom. The van der Waals surface area contributed by atoms with Crippen LogP contribution in [0.1, 0.15) is 5.56 Å². The molecule has 0 fully saturated rings. The zero-order valence-electron chi connectivity index (χ0n) is 8.18. The Morgan fingerprint density at radius 3 is 2.54 bits per heavy atom. The number of anilines is 1. The van der Waals surface area contributed by atoms with Crippen molar-refractivity contribution >= 4 is 17.9 Å². The molecule has 0 radical (unpaired) electrons. The molecule has 0 atom stereocenters. The minimum atomic E-state index is -0.00810. The van der Waals surface area contributed by atoms with Gasteiger partial charge in [-0.05, 0) is 26.6 Å². The third-order valence-corrected chi connectivity index (χ3v) is 2.50. The van der Waals surface area contributed by atoms with Crippen LogP contribution in [0.3, 0.4) is 0 Å². The fourth-order valence-electron chi connectivity index (χ4n) is 1.12. The maximum absolute atomic E-state index is 11.2. The molecule has 0 spiro atoms. The highest BCUT2D eigenvalue weighted by Gasteiger charge is 2.12. The van der Waals surface area contributed by atoms with Crippen LogP contribution in [0.5, 0.6) is 0 Å². The van der Waals surface area contributed by atoms with Gasteiger partial charge in [0.25, 0.3) is 0 Å². The SMILES string of the molecule is Cc1c(NCCN(C)C)c(=O)c1=S. The summed E-state index contributed by atoms with van der Waals surface area (Å²) in [6.07, 6.45) is 0. The highest BCUT2D eigenvalue weighted by molar-refractivity contribution is 7.71. The monoisotopic (exact) mass is 198 g/mol. The zero-order chi connectivity index (χ0) is 10.0. The van der Waals surface area contributed by atoms with Crippen LogP contribution in [0.4, 0.5) is 5.69 Å². The summed E-state index contributed by atoms with van der Waals surface area (Å²) in [6.45, 7) is 3.58. The van der Waals surface area contributed by atoms with Crippen molar-refractivity contribution < 1.29 is 0 Å². The average Bonchev–Trinajstić information content (AvgIpc) is 2.10. The number of hydrogen-bond acceptors (Lipinski definition) is 4. The van der Waals surface area contributed by atoms with E-state index in [1.807, 2.05) is 21.0 Å². The molecule has 13 heavy (non-hydrogen) atoms. The second-order valence-electron chi connectivity index (χ2n) is 3.39. The van der Waals surface area contributed by atoms with Crippen molar-refractivity contribution in [2.75, 3.05) is 32.5 Å². The lowest BCUT2D eigenvalue weighted by atomic mass is 10.1. The van der Waals surface area contributed by atoms with Crippen molar-refractivity contribution in [1.82, 2.24) is 4.90 Å². The van der Waals surface area contributed by atoms with E-state index in [4.69, 9.17) is 12.2 Å². The first-order valence-corrected chi connectivity index (χ1v) is 4.63. The molecule has 0 aromatic heterocycles. The molecule has 1 aromatic carbocycles. The molecule has 0 amide bonds. The highest BCUT2D eigenvalue weighted by Crippen LogP contribution is 2.13. The van der Waals surface area contributed by atoms with E-state index in [0.29, 0.717) is 10.2 Å². The van der Waals surface area contributed by atoms with E-state index >= 15 is 0 Å². The first-order valence-electron chi connectivity index (χ1n) is 4.22. The van der Waals surface area contributed by atoms with Crippen molar-refractivity contribution in [2.24, 2.45) is 0 Å². The second-order valence-corrected chi connectivity index (χ2v) is 3.80. The summed E-state index contributed by atoms with van der Waals surface area (Å²) in [4.78, 5) is 13.2. The van der Waals surface area contributed by atoms with Gasteiger partial charge in [0.1, 0.15) is 0 Å². The van der Waals surface area contributed by atoms with Crippen LogP contribution in [0, 0.1) is 11.4 Å². The van der Waals surface area contributed by atoms with Gasteiger partial charge in [0.2, 0.25) is 5.43 Å². The van der Waals surface area contributed by atoms with Gasteiger partial charge < -0.3 is 10.2 Å². The molecule has 1 rings (SSSR count). The van der Waals surface area contributed by atoms with Crippen LogP contribution in [0.15, 0.2) is 4.79 Å². The molecular weight excluding hydrogens is 184 g/mol. The topological polar surface area (TPSA) is 32.3 Å². The van der Waals surface area contributed by atoms with E-state index in [2.05, 4.69) is 10.2 Å². The number of nitrogens with one attached hydrogen (secondary N) is 1. The summed E-state index contributed by atoms with van der Waals surface area (Å²) in [5.41, 5.74) is 1.62. The van der Waals surface area contributed by atoms with Gasteiger partial charge in [0.05, 0.1) is 10.2 Å². The molecule has 0 aliphatic rings. The van der Waals surface area contributed by atoms with Gasteiger partial charge in [-0.2, -0.15) is 0 Å². The number of likely N-dealkylation sites (N-methyl/N-ethyl adjacent to an activating group) is 1. The maximum atomic E-state index is 11.2. The summed E-state index contributed by atoms with van der Waals surface area (Å²) >= 11 is 4.85. The first kappa shape index (κ1) is 10.3. The predicted octanol–water partition coefficient (Wildman–Crippen LogP) is 0.934. The van der Waals surface area contributed by atoms with Crippen molar-refractivity contribution in [1.29, 1.82) is 0 Å². The van der Waals surface area contributed by atoms with Gasteiger partial charge >= 0.3 is 0 Å². The van der Waals surface area contributed by atoms with Gasteiger partial charge in [-0.3, -0.25) is 4.79 Å². The first-order chi connectivity index (χ1) is 6.04. The van der Waals surface area contributed by atoms with Gasteiger partial charge in [0.15, 0.2) is 0 Å². The molecule has 0 bridgehead atoms. The molecule has 0 aliphatic carbocycles. The number of nitrogens with zero attached hydrogens (tertiary/aromatic N) is 1. The number of hydrogen-bond donors (Lipinski definition) is 1. The van der Waals surface area contributed by atoms with Crippen LogP contribution in [-0.2, 0) is 0 Å². The Kier molecular flexibility index (Phi) is 3.17. The summed E-state index contributed by atoms with van der Waals surface area (Å²) in [5, 5.41) is 3.08. The Morgan fingerprint density at radius 2 is 2.08 bits per heavy atom. The van der Waals surface area contributed by atoms with Crippen molar-refractivity contribution in [2.45, 2.75) is 6.92 Å². The zero-order valence-corrected chi connectivity index (χ0v) is 8.99. The quantitative estimate of drug-likeness (QED) is 0.730. The third-order valence-electron chi connectivity index (χ3n) is 2.01. The van der Waals surface area contributed by atoms with E-state index in [-0.39, 0.29) is 5.43 Å². The summed E-state index contributed by atoms with van der Waals surface area (Å²) in [6, 6.07) is 0. The standard InChI is InChI=1S/C9H14N2OS/c1-6-7(8(12)9(6)13)10-4-5-11(2)3/h10H,4-5H2,1-3H3. The van der Waals surface area contributed by atoms with Crippen molar-refractivity contribution in [3.8, 4) is 0 Å². The van der Waals surface area contributed by atoms with Crippen LogP contribution < -0.4 is 10.7 Å². The lowest BCUT2D eigenvalue weighted by Crippen LogP contribution is -2.26. The van der Waals surface area contributed by atoms with E-state index in [1.165, 1.54) is 0 Å². The van der Waals surface area contributed by atoms with E-state index in [1.54, 1.807) is 0 Å². The predicted molar refractivity (Wildman–Crippen MR) is 57.7 cm³/mol. The Bertz CT molecular complexity index is 363. The maximum Gasteiger partial charge on any atom is 0.220 e. The van der Waals surface area contributed by atoms with Gasteiger partial charge in [-0.1, -0.05) is 12.2 Å². The van der Waals surface area contributed by atoms with Crippen molar-refractivity contribution in [3.63, 3.8) is 0 Å². The fourth-order valence-corrected chi connectivity index (χ4v) is 1.33. The summed E-state index contributed by atoms with van der Waals surface area (Å²) < 4.78 is 0.479. The second kappa shape index (κ2) is 3.98. The lowest BCUT2D eigenvalue weighted by Gasteiger charge is -2.14. The van der Waals surface area contributed by atoms with Crippen LogP contribution in [0.25, 0.3) is 0 Å². The van der Waals surface area contributed by atoms with Crippen LogP contribution in [-0.4, -0.2) is 32.1 Å². The van der Waals surface area contributed by atoms with Gasteiger partial charge in [-0.25, -0.2) is 0 Å². The Balaban J connectivity index is 2.48. The minimum Gasteiger partial charge on any atom is -0.380 e. The van der Waals surface area contributed by atoms with Gasteiger partial charge in [-0.15, -0.1) is 0 Å². The molecule has 0 aliphatic heterocycles. The molecule has 1 N–H and O–H groups in total. The van der Waals surface area contributed by atoms with E-state index in [0.717, 1.165) is 18.7 Å². The van der Waals surface area contributed by atoms with Crippen molar-refractivity contribution in [3.05, 3.63) is 20.3 Å². The Labute approximate surface area is 83.1 Å². The molecule has 3 nitrogen and oxygen atoms in total. The average molecular weight is 198 g/mol. The fraction of sp³-hybridized carbons (Fsp3) is 0.556. The van der Waals surface area contributed by atoms with Crippen LogP contribution >= 0.6 is 12.2 Å². The third kappa shape index (κ3) is 2.14. The number of rotatable bonds is 4.